The van der Waals surface area contributed by atoms with E-state index in [4.69, 9.17) is 16.3 Å². The minimum absolute atomic E-state index is 0.276. The summed E-state index contributed by atoms with van der Waals surface area (Å²) < 4.78 is 18.4. The van der Waals surface area contributed by atoms with Gasteiger partial charge in [-0.1, -0.05) is 48.5 Å². The zero-order valence-corrected chi connectivity index (χ0v) is 16.2. The maximum atomic E-state index is 13.5. The van der Waals surface area contributed by atoms with Gasteiger partial charge in [0.1, 0.15) is 5.82 Å². The first kappa shape index (κ1) is 21.4. The van der Waals surface area contributed by atoms with Gasteiger partial charge in [-0.3, -0.25) is 4.79 Å². The third-order valence-corrected chi connectivity index (χ3v) is 4.09. The Kier molecular flexibility index (Phi) is 7.96. The zero-order chi connectivity index (χ0) is 20.5. The van der Waals surface area contributed by atoms with Gasteiger partial charge in [-0.15, -0.1) is 0 Å². The lowest BCUT2D eigenvalue weighted by Gasteiger charge is -2.14. The molecule has 0 aromatic heterocycles. The molecule has 2 aromatic carbocycles. The molecule has 0 aliphatic rings. The molecule has 0 heterocycles. The van der Waals surface area contributed by atoms with Gasteiger partial charge >= 0.3 is 5.97 Å². The molecule has 6 heteroatoms. The van der Waals surface area contributed by atoms with E-state index in [0.29, 0.717) is 17.0 Å². The van der Waals surface area contributed by atoms with Crippen LogP contribution in [0.3, 0.4) is 0 Å². The summed E-state index contributed by atoms with van der Waals surface area (Å²) in [5, 5.41) is 3.08. The molecular formula is C22H21ClFNO3. The summed E-state index contributed by atoms with van der Waals surface area (Å²) in [7, 11) is 0. The number of hydrogen-bond donors (Lipinski definition) is 1. The Bertz CT molecular complexity index is 858. The largest absolute Gasteiger partial charge is 0.463 e. The van der Waals surface area contributed by atoms with E-state index in [2.05, 4.69) is 11.9 Å². The van der Waals surface area contributed by atoms with Crippen molar-refractivity contribution in [3.8, 4) is 11.1 Å². The zero-order valence-electron chi connectivity index (χ0n) is 15.5. The Hall–Kier alpha value is -2.92. The van der Waals surface area contributed by atoms with Crippen LogP contribution >= 0.6 is 11.6 Å². The summed E-state index contributed by atoms with van der Waals surface area (Å²) in [6.07, 6.45) is 4.50. The maximum absolute atomic E-state index is 13.5. The van der Waals surface area contributed by atoms with E-state index in [0.717, 1.165) is 11.1 Å². The predicted octanol–water partition coefficient (Wildman–Crippen LogP) is 4.48. The fraction of sp³-hybridized carbons (Fsp3) is 0.182. The summed E-state index contributed by atoms with van der Waals surface area (Å²) in [5.74, 6) is -1.22. The molecule has 1 atom stereocenters. The molecule has 2 rings (SSSR count). The number of carbonyl (C=O) groups excluding carboxylic acids is 2. The van der Waals surface area contributed by atoms with Gasteiger partial charge in [-0.2, -0.15) is 0 Å². The molecule has 1 N–H and O–H groups in total. The van der Waals surface area contributed by atoms with Crippen LogP contribution in [0.25, 0.3) is 11.1 Å². The number of hydrogen-bond acceptors (Lipinski definition) is 3. The first-order chi connectivity index (χ1) is 13.4. The molecule has 28 heavy (non-hydrogen) atoms. The molecule has 1 amide bonds. The fourth-order valence-corrected chi connectivity index (χ4v) is 2.82. The van der Waals surface area contributed by atoms with E-state index in [1.807, 2.05) is 24.3 Å². The topological polar surface area (TPSA) is 55.4 Å². The standard InChI is InChI=1S/C22H21ClFNO3/c1-3-21(26)25-20(9-10-22(27)28-4-2)11-15-5-7-16(8-6-15)17-12-18(23)14-19(24)13-17/h3,5-10,12-14,20H,1,4,11H2,2H3,(H,25,26)/b10-9+/t20-/m0/s1. The SMILES string of the molecule is C=CC(=O)N[C@@H](/C=C/C(=O)OCC)Cc1ccc(-c2cc(F)cc(Cl)c2)cc1. The van der Waals surface area contributed by atoms with Crippen LogP contribution in [0.5, 0.6) is 0 Å². The molecule has 0 unspecified atom stereocenters. The smallest absolute Gasteiger partial charge is 0.330 e. The van der Waals surface area contributed by atoms with E-state index in [-0.39, 0.29) is 12.5 Å². The number of amides is 1. The molecule has 146 valence electrons. The Balaban J connectivity index is 2.15. The molecule has 2 aromatic rings. The molecule has 0 aliphatic carbocycles. The van der Waals surface area contributed by atoms with Gasteiger partial charge in [0.15, 0.2) is 0 Å². The minimum atomic E-state index is -0.473. The van der Waals surface area contributed by atoms with Gasteiger partial charge in [-0.25, -0.2) is 9.18 Å². The van der Waals surface area contributed by atoms with E-state index >= 15 is 0 Å². The van der Waals surface area contributed by atoms with Gasteiger partial charge < -0.3 is 10.1 Å². The third kappa shape index (κ3) is 6.67. The fourth-order valence-electron chi connectivity index (χ4n) is 2.60. The van der Waals surface area contributed by atoms with Gasteiger partial charge in [0.25, 0.3) is 0 Å². The van der Waals surface area contributed by atoms with Crippen molar-refractivity contribution >= 4 is 23.5 Å². The van der Waals surface area contributed by atoms with Crippen molar-refractivity contribution in [3.05, 3.63) is 83.7 Å². The van der Waals surface area contributed by atoms with Gasteiger partial charge in [0, 0.05) is 11.1 Å². The summed E-state index contributed by atoms with van der Waals surface area (Å²) in [6.45, 7) is 5.43. The molecule has 0 spiro atoms. The second-order valence-corrected chi connectivity index (χ2v) is 6.43. The Morgan fingerprint density at radius 3 is 2.54 bits per heavy atom. The van der Waals surface area contributed by atoms with Crippen molar-refractivity contribution in [1.82, 2.24) is 5.32 Å². The average Bonchev–Trinajstić information content (AvgIpc) is 2.66. The molecule has 0 aliphatic heterocycles. The second kappa shape index (κ2) is 10.4. The van der Waals surface area contributed by atoms with Gasteiger partial charge in [-0.05, 0) is 54.3 Å². The van der Waals surface area contributed by atoms with Gasteiger partial charge in [0.2, 0.25) is 5.91 Å². The van der Waals surface area contributed by atoms with Crippen molar-refractivity contribution in [1.29, 1.82) is 0 Å². The van der Waals surface area contributed by atoms with E-state index in [1.54, 1.807) is 19.1 Å². The lowest BCUT2D eigenvalue weighted by Crippen LogP contribution is -2.33. The molecular weight excluding hydrogens is 381 g/mol. The number of nitrogens with one attached hydrogen (secondary N) is 1. The molecule has 0 bridgehead atoms. The lowest BCUT2D eigenvalue weighted by atomic mass is 10.00. The van der Waals surface area contributed by atoms with Crippen LogP contribution in [-0.4, -0.2) is 24.5 Å². The van der Waals surface area contributed by atoms with Crippen LogP contribution in [-0.2, 0) is 20.7 Å². The number of halogens is 2. The number of esters is 1. The highest BCUT2D eigenvalue weighted by molar-refractivity contribution is 6.30. The minimum Gasteiger partial charge on any atom is -0.463 e. The molecule has 0 saturated heterocycles. The number of rotatable bonds is 8. The summed E-state index contributed by atoms with van der Waals surface area (Å²) in [4.78, 5) is 23.2. The first-order valence-electron chi connectivity index (χ1n) is 8.74. The Morgan fingerprint density at radius 2 is 1.93 bits per heavy atom. The summed E-state index contributed by atoms with van der Waals surface area (Å²) in [5.41, 5.74) is 2.42. The van der Waals surface area contributed by atoms with E-state index in [1.165, 1.54) is 24.3 Å². The van der Waals surface area contributed by atoms with Crippen LogP contribution in [0, 0.1) is 5.82 Å². The average molecular weight is 402 g/mol. The molecule has 4 nitrogen and oxygen atoms in total. The third-order valence-electron chi connectivity index (χ3n) is 3.87. The Morgan fingerprint density at radius 1 is 1.21 bits per heavy atom. The van der Waals surface area contributed by atoms with Crippen molar-refractivity contribution in [2.24, 2.45) is 0 Å². The van der Waals surface area contributed by atoms with E-state index in [9.17, 15) is 14.0 Å². The van der Waals surface area contributed by atoms with E-state index < -0.39 is 17.8 Å². The lowest BCUT2D eigenvalue weighted by molar-refractivity contribution is -0.137. The first-order valence-corrected chi connectivity index (χ1v) is 9.12. The van der Waals surface area contributed by atoms with Crippen LogP contribution in [0.2, 0.25) is 5.02 Å². The summed E-state index contributed by atoms with van der Waals surface area (Å²) >= 11 is 5.91. The van der Waals surface area contributed by atoms with Crippen LogP contribution in [0.1, 0.15) is 12.5 Å². The van der Waals surface area contributed by atoms with Crippen LogP contribution in [0.4, 0.5) is 4.39 Å². The number of carbonyl (C=O) groups is 2. The van der Waals surface area contributed by atoms with Crippen molar-refractivity contribution in [2.45, 2.75) is 19.4 Å². The molecule has 0 radical (unpaired) electrons. The predicted molar refractivity (Wildman–Crippen MR) is 108 cm³/mol. The maximum Gasteiger partial charge on any atom is 0.330 e. The monoisotopic (exact) mass is 401 g/mol. The number of ether oxygens (including phenoxy) is 1. The van der Waals surface area contributed by atoms with Gasteiger partial charge in [0.05, 0.1) is 12.6 Å². The summed E-state index contributed by atoms with van der Waals surface area (Å²) in [6, 6.07) is 11.4. The highest BCUT2D eigenvalue weighted by Gasteiger charge is 2.10. The second-order valence-electron chi connectivity index (χ2n) is 5.99. The highest BCUT2D eigenvalue weighted by Crippen LogP contribution is 2.25. The molecule has 0 fully saturated rings. The highest BCUT2D eigenvalue weighted by atomic mass is 35.5. The normalized spacial score (nSPS) is 11.8. The van der Waals surface area contributed by atoms with Crippen molar-refractivity contribution in [2.75, 3.05) is 6.61 Å². The van der Waals surface area contributed by atoms with Crippen LogP contribution < -0.4 is 5.32 Å². The van der Waals surface area contributed by atoms with Crippen molar-refractivity contribution in [3.63, 3.8) is 0 Å². The van der Waals surface area contributed by atoms with Crippen molar-refractivity contribution < 1.29 is 18.7 Å². The number of benzene rings is 2. The Labute approximate surface area is 168 Å². The quantitative estimate of drug-likeness (QED) is 0.524. The molecule has 0 saturated carbocycles. The van der Waals surface area contributed by atoms with Crippen LogP contribution in [0.15, 0.2) is 67.3 Å².